The fraction of sp³-hybridized carbons (Fsp3) is 0.500. The molecule has 0 amide bonds. The number of nitrogens with zero attached hydrogens (tertiary/aromatic N) is 2. The van der Waals surface area contributed by atoms with Crippen LogP contribution in [0.15, 0.2) is 29.0 Å². The van der Waals surface area contributed by atoms with Crippen molar-refractivity contribution in [1.29, 1.82) is 0 Å². The fourth-order valence-electron chi connectivity index (χ4n) is 2.66. The molecule has 1 aliphatic rings. The summed E-state index contributed by atoms with van der Waals surface area (Å²) in [6.45, 7) is 3.15. The van der Waals surface area contributed by atoms with E-state index in [2.05, 4.69) is 22.2 Å². The van der Waals surface area contributed by atoms with Gasteiger partial charge in [0.2, 0.25) is 0 Å². The van der Waals surface area contributed by atoms with Gasteiger partial charge in [-0.25, -0.2) is 4.98 Å². The van der Waals surface area contributed by atoms with E-state index in [0.29, 0.717) is 6.04 Å². The molecule has 3 rings (SSSR count). The molecular formula is C14H20N4O. The second kappa shape index (κ2) is 5.28. The molecule has 0 spiro atoms. The van der Waals surface area contributed by atoms with E-state index >= 15 is 0 Å². The summed E-state index contributed by atoms with van der Waals surface area (Å²) in [6, 6.07) is 6.54. The Hall–Kier alpha value is -1.43. The number of nitrogens with one attached hydrogen (secondary N) is 1. The van der Waals surface area contributed by atoms with Crippen molar-refractivity contribution in [3.05, 3.63) is 30.2 Å². The van der Waals surface area contributed by atoms with E-state index in [0.717, 1.165) is 42.7 Å². The maximum Gasteiger partial charge on any atom is 0.181 e. The van der Waals surface area contributed by atoms with Gasteiger partial charge in [-0.3, -0.25) is 0 Å². The standard InChI is InChI=1S/C14H20N4O/c1-18-5-4-16-8-11(18)7-12(15)10-2-3-13-14(6-10)19-9-17-13/h2-3,6,9,11-12,16H,4-5,7-8,15H2,1H3. The molecule has 0 bridgehead atoms. The Morgan fingerprint density at radius 3 is 3.32 bits per heavy atom. The lowest BCUT2D eigenvalue weighted by molar-refractivity contribution is 0.182. The third-order valence-corrected chi connectivity index (χ3v) is 3.95. The highest BCUT2D eigenvalue weighted by Crippen LogP contribution is 2.22. The second-order valence-corrected chi connectivity index (χ2v) is 5.26. The van der Waals surface area contributed by atoms with Gasteiger partial charge in [-0.1, -0.05) is 6.07 Å². The maximum absolute atomic E-state index is 6.33. The molecule has 1 fully saturated rings. The minimum Gasteiger partial charge on any atom is -0.443 e. The topological polar surface area (TPSA) is 67.3 Å². The Bertz CT molecular complexity index is 553. The zero-order valence-electron chi connectivity index (χ0n) is 11.2. The summed E-state index contributed by atoms with van der Waals surface area (Å²) < 4.78 is 5.33. The molecule has 1 aromatic carbocycles. The number of benzene rings is 1. The Kier molecular flexibility index (Phi) is 3.50. The quantitative estimate of drug-likeness (QED) is 0.865. The van der Waals surface area contributed by atoms with Gasteiger partial charge in [0.15, 0.2) is 12.0 Å². The largest absolute Gasteiger partial charge is 0.443 e. The first-order valence-corrected chi connectivity index (χ1v) is 6.74. The van der Waals surface area contributed by atoms with Crippen LogP contribution >= 0.6 is 0 Å². The normalized spacial score (nSPS) is 22.7. The van der Waals surface area contributed by atoms with Crippen LogP contribution in [0.1, 0.15) is 18.0 Å². The number of nitrogens with two attached hydrogens (primary N) is 1. The first kappa shape index (κ1) is 12.6. The van der Waals surface area contributed by atoms with Gasteiger partial charge >= 0.3 is 0 Å². The lowest BCUT2D eigenvalue weighted by Crippen LogP contribution is -2.50. The van der Waals surface area contributed by atoms with Crippen LogP contribution in [0.25, 0.3) is 11.1 Å². The van der Waals surface area contributed by atoms with E-state index in [9.17, 15) is 0 Å². The van der Waals surface area contributed by atoms with Gasteiger partial charge in [-0.15, -0.1) is 0 Å². The molecule has 0 saturated carbocycles. The first-order chi connectivity index (χ1) is 9.24. The van der Waals surface area contributed by atoms with Crippen LogP contribution < -0.4 is 11.1 Å². The lowest BCUT2D eigenvalue weighted by atomic mass is 9.98. The monoisotopic (exact) mass is 260 g/mol. The van der Waals surface area contributed by atoms with Gasteiger partial charge in [0.1, 0.15) is 5.52 Å². The molecule has 3 N–H and O–H groups in total. The highest BCUT2D eigenvalue weighted by atomic mass is 16.3. The molecule has 2 aromatic rings. The SMILES string of the molecule is CN1CCNCC1CC(N)c1ccc2ncoc2c1. The molecule has 0 aliphatic carbocycles. The van der Waals surface area contributed by atoms with E-state index < -0.39 is 0 Å². The summed E-state index contributed by atoms with van der Waals surface area (Å²) >= 11 is 0. The third kappa shape index (κ3) is 2.63. The molecular weight excluding hydrogens is 240 g/mol. The van der Waals surface area contributed by atoms with Gasteiger partial charge in [0, 0.05) is 31.7 Å². The average Bonchev–Trinajstić information content (AvgIpc) is 2.88. The summed E-state index contributed by atoms with van der Waals surface area (Å²) in [5.41, 5.74) is 9.14. The van der Waals surface area contributed by atoms with E-state index in [-0.39, 0.29) is 6.04 Å². The van der Waals surface area contributed by atoms with Gasteiger partial charge in [0.25, 0.3) is 0 Å². The zero-order chi connectivity index (χ0) is 13.2. The van der Waals surface area contributed by atoms with E-state index in [1.54, 1.807) is 0 Å². The number of piperazine rings is 1. The number of likely N-dealkylation sites (N-methyl/N-ethyl adjacent to an activating group) is 1. The van der Waals surface area contributed by atoms with Gasteiger partial charge in [-0.2, -0.15) is 0 Å². The van der Waals surface area contributed by atoms with Crippen LogP contribution in [0.3, 0.4) is 0 Å². The van der Waals surface area contributed by atoms with Crippen LogP contribution in [0, 0.1) is 0 Å². The molecule has 1 aromatic heterocycles. The minimum absolute atomic E-state index is 0.0295. The number of fused-ring (bicyclic) bond motifs is 1. The van der Waals surface area contributed by atoms with Gasteiger partial charge < -0.3 is 20.4 Å². The van der Waals surface area contributed by atoms with Crippen molar-refractivity contribution >= 4 is 11.1 Å². The summed E-state index contributed by atoms with van der Waals surface area (Å²) in [5, 5.41) is 3.42. The lowest BCUT2D eigenvalue weighted by Gasteiger charge is -2.34. The third-order valence-electron chi connectivity index (χ3n) is 3.95. The van der Waals surface area contributed by atoms with Crippen LogP contribution in [0.5, 0.6) is 0 Å². The fourth-order valence-corrected chi connectivity index (χ4v) is 2.66. The molecule has 1 saturated heterocycles. The maximum atomic E-state index is 6.33. The van der Waals surface area contributed by atoms with Crippen molar-refractivity contribution in [3.8, 4) is 0 Å². The summed E-state index contributed by atoms with van der Waals surface area (Å²) in [7, 11) is 2.16. The summed E-state index contributed by atoms with van der Waals surface area (Å²) in [6.07, 6.45) is 2.42. The van der Waals surface area contributed by atoms with Crippen LogP contribution in [0.2, 0.25) is 0 Å². The van der Waals surface area contributed by atoms with E-state index in [1.165, 1.54) is 6.39 Å². The smallest absolute Gasteiger partial charge is 0.181 e. The van der Waals surface area contributed by atoms with Crippen molar-refractivity contribution in [2.45, 2.75) is 18.5 Å². The van der Waals surface area contributed by atoms with Gasteiger partial charge in [-0.05, 0) is 31.2 Å². The Morgan fingerprint density at radius 1 is 1.58 bits per heavy atom. The highest BCUT2D eigenvalue weighted by molar-refractivity contribution is 5.72. The predicted molar refractivity (Wildman–Crippen MR) is 74.8 cm³/mol. The van der Waals surface area contributed by atoms with E-state index in [4.69, 9.17) is 10.2 Å². The number of hydrogen-bond acceptors (Lipinski definition) is 5. The molecule has 1 aliphatic heterocycles. The highest BCUT2D eigenvalue weighted by Gasteiger charge is 2.21. The minimum atomic E-state index is 0.0295. The second-order valence-electron chi connectivity index (χ2n) is 5.26. The van der Waals surface area contributed by atoms with E-state index in [1.807, 2.05) is 18.2 Å². The molecule has 102 valence electrons. The molecule has 2 unspecified atom stereocenters. The van der Waals surface area contributed by atoms with Crippen molar-refractivity contribution < 1.29 is 4.42 Å². The number of hydrogen-bond donors (Lipinski definition) is 2. The average molecular weight is 260 g/mol. The molecule has 5 heteroatoms. The molecule has 5 nitrogen and oxygen atoms in total. The van der Waals surface area contributed by atoms with Crippen LogP contribution in [-0.4, -0.2) is 42.6 Å². The summed E-state index contributed by atoms with van der Waals surface area (Å²) in [5.74, 6) is 0. The van der Waals surface area contributed by atoms with Crippen molar-refractivity contribution in [2.24, 2.45) is 5.73 Å². The molecule has 2 atom stereocenters. The van der Waals surface area contributed by atoms with Crippen molar-refractivity contribution in [1.82, 2.24) is 15.2 Å². The zero-order valence-corrected chi connectivity index (χ0v) is 11.2. The molecule has 2 heterocycles. The Morgan fingerprint density at radius 2 is 2.47 bits per heavy atom. The molecule has 0 radical (unpaired) electrons. The molecule has 19 heavy (non-hydrogen) atoms. The number of aromatic nitrogens is 1. The van der Waals surface area contributed by atoms with Gasteiger partial charge in [0.05, 0.1) is 0 Å². The van der Waals surface area contributed by atoms with Crippen LogP contribution in [0.4, 0.5) is 0 Å². The van der Waals surface area contributed by atoms with Crippen molar-refractivity contribution in [3.63, 3.8) is 0 Å². The number of rotatable bonds is 3. The summed E-state index contributed by atoms with van der Waals surface area (Å²) in [4.78, 5) is 6.50. The Labute approximate surface area is 112 Å². The number of oxazole rings is 1. The first-order valence-electron chi connectivity index (χ1n) is 6.74. The van der Waals surface area contributed by atoms with Crippen molar-refractivity contribution in [2.75, 3.05) is 26.7 Å². The Balaban J connectivity index is 1.73. The predicted octanol–water partition coefficient (Wildman–Crippen LogP) is 1.12. The van der Waals surface area contributed by atoms with Crippen LogP contribution in [-0.2, 0) is 0 Å².